The first-order valence-corrected chi connectivity index (χ1v) is 12.1. The summed E-state index contributed by atoms with van der Waals surface area (Å²) in [6.45, 7) is 3.64. The molecule has 2 aromatic carbocycles. The number of amides is 1. The number of benzene rings is 2. The molecule has 0 saturated heterocycles. The fourth-order valence-electron chi connectivity index (χ4n) is 3.59. The van der Waals surface area contributed by atoms with Crippen LogP contribution in [0.5, 0.6) is 11.5 Å². The molecule has 1 unspecified atom stereocenters. The number of methoxy groups -OCH3 is 1. The van der Waals surface area contributed by atoms with Gasteiger partial charge in [0.25, 0.3) is 5.91 Å². The molecule has 2 N–H and O–H groups in total. The monoisotopic (exact) mass is 551 g/mol. The molecule has 0 aliphatic rings. The summed E-state index contributed by atoms with van der Waals surface area (Å²) in [6.07, 6.45) is 1.48. The van der Waals surface area contributed by atoms with Crippen molar-refractivity contribution in [2.75, 3.05) is 12.4 Å². The van der Waals surface area contributed by atoms with Crippen LogP contribution < -0.4 is 15.4 Å². The van der Waals surface area contributed by atoms with E-state index in [1.165, 1.54) is 19.4 Å². The number of hydrogen-bond donors (Lipinski definition) is 2. The lowest BCUT2D eigenvalue weighted by Gasteiger charge is -2.19. The van der Waals surface area contributed by atoms with Crippen molar-refractivity contribution in [2.24, 2.45) is 13.0 Å². The van der Waals surface area contributed by atoms with Crippen molar-refractivity contribution in [3.05, 3.63) is 71.0 Å². The highest BCUT2D eigenvalue weighted by Crippen LogP contribution is 2.28. The Morgan fingerprint density at radius 2 is 1.75 bits per heavy atom. The molecule has 2 aromatic heterocycles. The zero-order chi connectivity index (χ0) is 25.8. The van der Waals surface area contributed by atoms with Crippen LogP contribution in [-0.2, 0) is 16.6 Å². The van der Waals surface area contributed by atoms with Crippen LogP contribution in [0.25, 0.3) is 11.0 Å². The average molecular weight is 552 g/mol. The van der Waals surface area contributed by atoms with Crippen LogP contribution in [0.1, 0.15) is 24.3 Å². The van der Waals surface area contributed by atoms with Crippen LogP contribution in [0.4, 0.5) is 11.6 Å². The third-order valence-corrected chi connectivity index (χ3v) is 6.09. The second-order valence-corrected chi connectivity index (χ2v) is 9.39. The zero-order valence-electron chi connectivity index (χ0n) is 20.3. The maximum Gasteiger partial charge on any atom is 0.328 e. The van der Waals surface area contributed by atoms with Crippen LogP contribution in [-0.4, -0.2) is 39.6 Å². The Bertz CT molecular complexity index is 1400. The molecule has 9 nitrogen and oxygen atoms in total. The van der Waals surface area contributed by atoms with E-state index in [1.807, 2.05) is 67.9 Å². The molecule has 10 heteroatoms. The molecule has 1 amide bonds. The summed E-state index contributed by atoms with van der Waals surface area (Å²) in [5.41, 5.74) is 2.73. The fourth-order valence-corrected chi connectivity index (χ4v) is 3.86. The van der Waals surface area contributed by atoms with Crippen molar-refractivity contribution in [3.63, 3.8) is 0 Å². The van der Waals surface area contributed by atoms with Crippen molar-refractivity contribution in [1.82, 2.24) is 19.9 Å². The molecule has 2 heterocycles. The zero-order valence-corrected chi connectivity index (χ0v) is 21.9. The Balaban J connectivity index is 1.51. The molecule has 0 bridgehead atoms. The van der Waals surface area contributed by atoms with Gasteiger partial charge in [-0.3, -0.25) is 9.78 Å². The van der Waals surface area contributed by atoms with Gasteiger partial charge < -0.3 is 24.7 Å². The first kappa shape index (κ1) is 25.2. The highest BCUT2D eigenvalue weighted by atomic mass is 79.9. The number of carbonyl (C=O) groups excluding carboxylic acids is 2. The predicted octanol–water partition coefficient (Wildman–Crippen LogP) is 5.19. The van der Waals surface area contributed by atoms with E-state index < -0.39 is 17.9 Å². The van der Waals surface area contributed by atoms with Gasteiger partial charge in [-0.25, -0.2) is 9.78 Å². The molecule has 0 aliphatic carbocycles. The van der Waals surface area contributed by atoms with Crippen molar-refractivity contribution in [3.8, 4) is 11.5 Å². The van der Waals surface area contributed by atoms with E-state index in [1.54, 1.807) is 6.07 Å². The van der Waals surface area contributed by atoms with E-state index in [2.05, 4.69) is 31.5 Å². The molecule has 0 saturated carbocycles. The van der Waals surface area contributed by atoms with Gasteiger partial charge in [0.1, 0.15) is 23.2 Å². The molecule has 0 fully saturated rings. The van der Waals surface area contributed by atoms with Gasteiger partial charge in [-0.2, -0.15) is 0 Å². The number of carbonyl (C=O) groups is 2. The number of nitrogens with one attached hydrogen (secondary N) is 2. The van der Waals surface area contributed by atoms with Crippen LogP contribution in [0.3, 0.4) is 0 Å². The molecule has 0 aliphatic heterocycles. The number of rotatable bonds is 8. The number of fused-ring (bicyclic) bond motifs is 1. The molecule has 36 heavy (non-hydrogen) atoms. The summed E-state index contributed by atoms with van der Waals surface area (Å²) in [5.74, 6) is 0.532. The average Bonchev–Trinajstić information content (AvgIpc) is 3.17. The van der Waals surface area contributed by atoms with Gasteiger partial charge in [0, 0.05) is 35.5 Å². The summed E-state index contributed by atoms with van der Waals surface area (Å²) in [7, 11) is 3.22. The number of esters is 1. The second kappa shape index (κ2) is 10.8. The summed E-state index contributed by atoms with van der Waals surface area (Å²) < 4.78 is 13.7. The van der Waals surface area contributed by atoms with E-state index >= 15 is 0 Å². The molecule has 0 radical (unpaired) electrons. The normalized spacial score (nSPS) is 11.8. The minimum Gasteiger partial charge on any atom is -0.467 e. The summed E-state index contributed by atoms with van der Waals surface area (Å²) >= 11 is 3.44. The van der Waals surface area contributed by atoms with Crippen molar-refractivity contribution in [2.45, 2.75) is 19.9 Å². The van der Waals surface area contributed by atoms with Gasteiger partial charge >= 0.3 is 5.97 Å². The maximum absolute atomic E-state index is 12.7. The van der Waals surface area contributed by atoms with Gasteiger partial charge in [-0.05, 0) is 48.4 Å². The number of aromatic nitrogens is 3. The number of imidazole rings is 1. The third kappa shape index (κ3) is 5.65. The van der Waals surface area contributed by atoms with Gasteiger partial charge in [0.15, 0.2) is 0 Å². The summed E-state index contributed by atoms with van der Waals surface area (Å²) in [4.78, 5) is 33.5. The number of hydrogen-bond acceptors (Lipinski definition) is 7. The van der Waals surface area contributed by atoms with Crippen molar-refractivity contribution in [1.29, 1.82) is 0 Å². The van der Waals surface area contributed by atoms with Crippen LogP contribution >= 0.6 is 15.9 Å². The molecular weight excluding hydrogens is 526 g/mol. The Hall–Kier alpha value is -3.92. The maximum atomic E-state index is 12.7. The van der Waals surface area contributed by atoms with Gasteiger partial charge in [-0.1, -0.05) is 29.8 Å². The Labute approximate surface area is 217 Å². The number of pyridine rings is 1. The van der Waals surface area contributed by atoms with Gasteiger partial charge in [0.05, 0.1) is 18.1 Å². The quantitative estimate of drug-likeness (QED) is 0.290. The molecule has 186 valence electrons. The fraction of sp³-hybridized carbons (Fsp3) is 0.231. The molecular formula is C26H26BrN5O4. The van der Waals surface area contributed by atoms with E-state index in [9.17, 15) is 9.59 Å². The predicted molar refractivity (Wildman–Crippen MR) is 141 cm³/mol. The smallest absolute Gasteiger partial charge is 0.328 e. The topological polar surface area (TPSA) is 107 Å². The highest BCUT2D eigenvalue weighted by Gasteiger charge is 2.26. The third-order valence-electron chi connectivity index (χ3n) is 5.56. The molecule has 0 spiro atoms. The van der Waals surface area contributed by atoms with E-state index in [-0.39, 0.29) is 11.6 Å². The van der Waals surface area contributed by atoms with E-state index in [4.69, 9.17) is 14.5 Å². The van der Waals surface area contributed by atoms with Crippen molar-refractivity contribution < 1.29 is 19.1 Å². The van der Waals surface area contributed by atoms with Crippen molar-refractivity contribution >= 4 is 50.5 Å². The van der Waals surface area contributed by atoms with E-state index in [0.717, 1.165) is 21.2 Å². The Morgan fingerprint density at radius 3 is 2.44 bits per heavy atom. The molecule has 4 aromatic rings. The largest absolute Gasteiger partial charge is 0.467 e. The lowest BCUT2D eigenvalue weighted by Crippen LogP contribution is -2.45. The van der Waals surface area contributed by atoms with Crippen LogP contribution in [0.15, 0.2) is 65.3 Å². The lowest BCUT2D eigenvalue weighted by molar-refractivity contribution is -0.144. The van der Waals surface area contributed by atoms with E-state index in [0.29, 0.717) is 17.4 Å². The molecule has 1 atom stereocenters. The summed E-state index contributed by atoms with van der Waals surface area (Å²) in [5, 5.41) is 5.99. The number of anilines is 2. The number of aryl methyl sites for hydroxylation is 1. The minimum atomic E-state index is -0.777. The highest BCUT2D eigenvalue weighted by molar-refractivity contribution is 9.10. The number of nitrogens with zero attached hydrogens (tertiary/aromatic N) is 3. The minimum absolute atomic E-state index is 0.127. The lowest BCUT2D eigenvalue weighted by atomic mass is 10.0. The summed E-state index contributed by atoms with van der Waals surface area (Å²) in [6, 6.07) is 15.8. The molecule has 4 rings (SSSR count). The number of halogens is 1. The Morgan fingerprint density at radius 1 is 1.03 bits per heavy atom. The van der Waals surface area contributed by atoms with Gasteiger partial charge in [0.2, 0.25) is 5.95 Å². The van der Waals surface area contributed by atoms with Crippen LogP contribution in [0, 0.1) is 5.92 Å². The standard InChI is InChI=1S/C26H26BrN5O4/c1-15(2)23(25(34)35-4)31-24(33)21-14-19(11-12-28-21)36-18-9-10-22-20(13-18)30-26(32(22)3)29-17-7-5-16(27)6-8-17/h5-15,23H,1-4H3,(H,29,30)(H,31,33). The van der Waals surface area contributed by atoms with Gasteiger partial charge in [-0.15, -0.1) is 0 Å². The second-order valence-electron chi connectivity index (χ2n) is 8.47. The first-order valence-electron chi connectivity index (χ1n) is 11.3. The first-order chi connectivity index (χ1) is 17.2. The number of ether oxygens (including phenoxy) is 2. The van der Waals surface area contributed by atoms with Crippen LogP contribution in [0.2, 0.25) is 0 Å². The SMILES string of the molecule is COC(=O)C(NC(=O)c1cc(Oc2ccc3c(c2)nc(Nc2ccc(Br)cc2)n3C)ccn1)C(C)C. The Kier molecular flexibility index (Phi) is 7.54.